The highest BCUT2D eigenvalue weighted by Gasteiger charge is 2.15. The van der Waals surface area contributed by atoms with Crippen molar-refractivity contribution in [2.75, 3.05) is 19.7 Å². The third kappa shape index (κ3) is 4.87. The Morgan fingerprint density at radius 2 is 2.05 bits per heavy atom. The average molecular weight is 261 g/mol. The minimum absolute atomic E-state index is 0.833. The second kappa shape index (κ2) is 7.54. The van der Waals surface area contributed by atoms with Crippen molar-refractivity contribution >= 4 is 0 Å². The quantitative estimate of drug-likeness (QED) is 0.715. The fraction of sp³-hybridized carbons (Fsp3) is 0.647. The number of unbranched alkanes of at least 4 members (excludes halogenated alkanes) is 1. The number of hydrogen-bond acceptors (Lipinski definition) is 2. The Labute approximate surface area is 117 Å². The van der Waals surface area contributed by atoms with Crippen LogP contribution < -0.4 is 4.74 Å². The van der Waals surface area contributed by atoms with E-state index in [9.17, 15) is 0 Å². The summed E-state index contributed by atoms with van der Waals surface area (Å²) in [5.41, 5.74) is 1.40. The Kier molecular flexibility index (Phi) is 5.71. The Balaban J connectivity index is 1.81. The molecule has 0 spiro atoms. The Morgan fingerprint density at radius 3 is 2.74 bits per heavy atom. The maximum atomic E-state index is 5.69. The molecule has 1 atom stereocenters. The zero-order valence-corrected chi connectivity index (χ0v) is 12.4. The summed E-state index contributed by atoms with van der Waals surface area (Å²) in [5.74, 6) is 1.86. The summed E-state index contributed by atoms with van der Waals surface area (Å²) in [6.45, 7) is 8.95. The van der Waals surface area contributed by atoms with E-state index >= 15 is 0 Å². The first kappa shape index (κ1) is 14.4. The zero-order valence-electron chi connectivity index (χ0n) is 12.4. The van der Waals surface area contributed by atoms with Crippen molar-refractivity contribution in [2.24, 2.45) is 5.92 Å². The Morgan fingerprint density at radius 1 is 1.26 bits per heavy atom. The van der Waals surface area contributed by atoms with Crippen molar-refractivity contribution < 1.29 is 4.74 Å². The lowest BCUT2D eigenvalue weighted by atomic mass is 10.00. The van der Waals surface area contributed by atoms with Crippen LogP contribution in [0.3, 0.4) is 0 Å². The summed E-state index contributed by atoms with van der Waals surface area (Å²) in [7, 11) is 0. The van der Waals surface area contributed by atoms with Crippen LogP contribution in [0.5, 0.6) is 5.75 Å². The molecule has 0 unspecified atom stereocenters. The first-order chi connectivity index (χ1) is 9.28. The van der Waals surface area contributed by atoms with Crippen LogP contribution in [0.4, 0.5) is 0 Å². The molecular weight excluding hydrogens is 234 g/mol. The Bertz CT molecular complexity index is 360. The summed E-state index contributed by atoms with van der Waals surface area (Å²) < 4.78 is 5.69. The maximum absolute atomic E-state index is 5.69. The van der Waals surface area contributed by atoms with E-state index in [-0.39, 0.29) is 0 Å². The predicted molar refractivity (Wildman–Crippen MR) is 80.5 cm³/mol. The summed E-state index contributed by atoms with van der Waals surface area (Å²) in [6.07, 6.45) is 5.05. The molecule has 0 radical (unpaired) electrons. The predicted octanol–water partition coefficient (Wildman–Crippen LogP) is 4.10. The second-order valence-corrected chi connectivity index (χ2v) is 5.83. The van der Waals surface area contributed by atoms with Gasteiger partial charge in [-0.1, -0.05) is 32.4 Å². The molecule has 1 aliphatic rings. The third-order valence-corrected chi connectivity index (χ3v) is 3.84. The van der Waals surface area contributed by atoms with Crippen LogP contribution in [0.15, 0.2) is 24.3 Å². The van der Waals surface area contributed by atoms with Gasteiger partial charge in [0.15, 0.2) is 0 Å². The van der Waals surface area contributed by atoms with E-state index in [1.54, 1.807) is 0 Å². The van der Waals surface area contributed by atoms with E-state index in [0.717, 1.165) is 31.2 Å². The third-order valence-electron chi connectivity index (χ3n) is 3.84. The van der Waals surface area contributed by atoms with Crippen LogP contribution in [0.2, 0.25) is 0 Å². The normalized spacial score (nSPS) is 20.4. The van der Waals surface area contributed by atoms with Gasteiger partial charge in [0.05, 0.1) is 6.61 Å². The van der Waals surface area contributed by atoms with E-state index in [1.807, 2.05) is 0 Å². The van der Waals surface area contributed by atoms with Gasteiger partial charge in [0.1, 0.15) is 5.75 Å². The highest BCUT2D eigenvalue weighted by atomic mass is 16.5. The van der Waals surface area contributed by atoms with E-state index in [2.05, 4.69) is 43.0 Å². The van der Waals surface area contributed by atoms with Gasteiger partial charge in [0.2, 0.25) is 0 Å². The highest BCUT2D eigenvalue weighted by Crippen LogP contribution is 2.19. The molecule has 2 heteroatoms. The van der Waals surface area contributed by atoms with Gasteiger partial charge >= 0.3 is 0 Å². The molecular formula is C17H27NO. The van der Waals surface area contributed by atoms with Crippen molar-refractivity contribution in [2.45, 2.75) is 46.1 Å². The first-order valence-electron chi connectivity index (χ1n) is 7.72. The molecule has 1 aromatic rings. The monoisotopic (exact) mass is 261 g/mol. The number of ether oxygens (including phenoxy) is 1. The van der Waals surface area contributed by atoms with Gasteiger partial charge < -0.3 is 4.74 Å². The molecule has 0 N–H and O–H groups in total. The molecule has 0 amide bonds. The van der Waals surface area contributed by atoms with Gasteiger partial charge in [-0.2, -0.15) is 0 Å². The van der Waals surface area contributed by atoms with Gasteiger partial charge in [-0.05, 0) is 49.4 Å². The summed E-state index contributed by atoms with van der Waals surface area (Å²) in [4.78, 5) is 2.57. The molecule has 0 saturated carbocycles. The van der Waals surface area contributed by atoms with Gasteiger partial charge in [0, 0.05) is 13.1 Å². The van der Waals surface area contributed by atoms with Crippen molar-refractivity contribution in [1.29, 1.82) is 0 Å². The summed E-state index contributed by atoms with van der Waals surface area (Å²) in [6, 6.07) is 8.64. The van der Waals surface area contributed by atoms with Crippen LogP contribution in [-0.2, 0) is 6.54 Å². The molecule has 0 bridgehead atoms. The highest BCUT2D eigenvalue weighted by molar-refractivity contribution is 5.27. The van der Waals surface area contributed by atoms with Crippen molar-refractivity contribution in [3.8, 4) is 5.75 Å². The maximum Gasteiger partial charge on any atom is 0.119 e. The largest absolute Gasteiger partial charge is 0.494 e. The molecule has 2 nitrogen and oxygen atoms in total. The molecule has 0 aliphatic carbocycles. The lowest BCUT2D eigenvalue weighted by Crippen LogP contribution is -2.33. The lowest BCUT2D eigenvalue weighted by molar-refractivity contribution is 0.176. The number of nitrogens with zero attached hydrogens (tertiary/aromatic N) is 1. The minimum Gasteiger partial charge on any atom is -0.494 e. The minimum atomic E-state index is 0.833. The second-order valence-electron chi connectivity index (χ2n) is 5.83. The van der Waals surface area contributed by atoms with Crippen LogP contribution in [0.1, 0.15) is 45.1 Å². The fourth-order valence-electron chi connectivity index (χ4n) is 2.71. The van der Waals surface area contributed by atoms with E-state index in [1.165, 1.54) is 37.9 Å². The van der Waals surface area contributed by atoms with Crippen LogP contribution in [-0.4, -0.2) is 24.6 Å². The van der Waals surface area contributed by atoms with Crippen molar-refractivity contribution in [1.82, 2.24) is 4.90 Å². The van der Waals surface area contributed by atoms with Crippen LogP contribution in [0.25, 0.3) is 0 Å². The Hall–Kier alpha value is -1.02. The smallest absolute Gasteiger partial charge is 0.119 e. The van der Waals surface area contributed by atoms with E-state index in [4.69, 9.17) is 4.74 Å². The topological polar surface area (TPSA) is 12.5 Å². The van der Waals surface area contributed by atoms with Crippen LogP contribution in [0, 0.1) is 5.92 Å². The average Bonchev–Trinajstić information content (AvgIpc) is 2.41. The first-order valence-corrected chi connectivity index (χ1v) is 7.72. The number of likely N-dealkylation sites (tertiary alicyclic amines) is 1. The number of hydrogen-bond donors (Lipinski definition) is 0. The molecule has 106 valence electrons. The SMILES string of the molecule is CCCCOc1ccc(CN2CCC[C@@H](C)C2)cc1. The van der Waals surface area contributed by atoms with Gasteiger partial charge in [-0.25, -0.2) is 0 Å². The molecule has 1 saturated heterocycles. The van der Waals surface area contributed by atoms with Gasteiger partial charge in [-0.3, -0.25) is 4.90 Å². The fourth-order valence-corrected chi connectivity index (χ4v) is 2.71. The molecule has 1 heterocycles. The molecule has 1 aliphatic heterocycles. The summed E-state index contributed by atoms with van der Waals surface area (Å²) in [5, 5.41) is 0. The molecule has 2 rings (SSSR count). The van der Waals surface area contributed by atoms with Crippen molar-refractivity contribution in [3.05, 3.63) is 29.8 Å². The molecule has 19 heavy (non-hydrogen) atoms. The lowest BCUT2D eigenvalue weighted by Gasteiger charge is -2.30. The number of piperidine rings is 1. The number of rotatable bonds is 6. The summed E-state index contributed by atoms with van der Waals surface area (Å²) >= 11 is 0. The number of benzene rings is 1. The molecule has 1 fully saturated rings. The van der Waals surface area contributed by atoms with Gasteiger partial charge in [0.25, 0.3) is 0 Å². The van der Waals surface area contributed by atoms with Crippen molar-refractivity contribution in [3.63, 3.8) is 0 Å². The standard InChI is InChI=1S/C17H27NO/c1-3-4-12-19-17-9-7-16(8-10-17)14-18-11-5-6-15(2)13-18/h7-10,15H,3-6,11-14H2,1-2H3/t15-/m1/s1. The van der Waals surface area contributed by atoms with Gasteiger partial charge in [-0.15, -0.1) is 0 Å². The zero-order chi connectivity index (χ0) is 13.5. The van der Waals surface area contributed by atoms with E-state index < -0.39 is 0 Å². The molecule has 0 aromatic heterocycles. The molecule has 1 aromatic carbocycles. The van der Waals surface area contributed by atoms with Crippen LogP contribution >= 0.6 is 0 Å². The van der Waals surface area contributed by atoms with E-state index in [0.29, 0.717) is 0 Å².